The standard InChI is InChI=1S/C15H23F2NO/c1-2-3-4-5-6-7-14(18)12-8-10-13(11-9-12)19-15(16)17/h8-11,14-15H,2-7,18H2,1H3. The number of rotatable bonds is 9. The molecule has 0 saturated carbocycles. The van der Waals surface area contributed by atoms with Crippen molar-refractivity contribution in [2.24, 2.45) is 5.73 Å². The largest absolute Gasteiger partial charge is 0.435 e. The van der Waals surface area contributed by atoms with Gasteiger partial charge in [-0.15, -0.1) is 0 Å². The lowest BCUT2D eigenvalue weighted by molar-refractivity contribution is -0.0498. The second kappa shape index (κ2) is 8.86. The van der Waals surface area contributed by atoms with Gasteiger partial charge in [0.2, 0.25) is 0 Å². The zero-order chi connectivity index (χ0) is 14.1. The molecule has 4 heteroatoms. The van der Waals surface area contributed by atoms with Gasteiger partial charge in [-0.05, 0) is 24.1 Å². The third-order valence-corrected chi connectivity index (χ3v) is 3.15. The zero-order valence-electron chi connectivity index (χ0n) is 11.4. The number of nitrogens with two attached hydrogens (primary N) is 1. The molecular formula is C15H23F2NO. The number of ether oxygens (including phenoxy) is 1. The van der Waals surface area contributed by atoms with Crippen molar-refractivity contribution in [3.8, 4) is 5.75 Å². The fourth-order valence-electron chi connectivity index (χ4n) is 2.03. The Kier molecular flexibility index (Phi) is 7.41. The third-order valence-electron chi connectivity index (χ3n) is 3.15. The molecule has 0 spiro atoms. The fourth-order valence-corrected chi connectivity index (χ4v) is 2.03. The van der Waals surface area contributed by atoms with E-state index in [0.29, 0.717) is 0 Å². The van der Waals surface area contributed by atoms with Crippen LogP contribution in [0.3, 0.4) is 0 Å². The van der Waals surface area contributed by atoms with Crippen LogP contribution in [0.2, 0.25) is 0 Å². The molecule has 2 N–H and O–H groups in total. The van der Waals surface area contributed by atoms with Gasteiger partial charge in [0.1, 0.15) is 5.75 Å². The molecule has 0 amide bonds. The topological polar surface area (TPSA) is 35.2 Å². The minimum Gasteiger partial charge on any atom is -0.435 e. The summed E-state index contributed by atoms with van der Waals surface area (Å²) in [5, 5.41) is 0. The fraction of sp³-hybridized carbons (Fsp3) is 0.600. The van der Waals surface area contributed by atoms with E-state index in [1.807, 2.05) is 0 Å². The Morgan fingerprint density at radius 2 is 1.68 bits per heavy atom. The van der Waals surface area contributed by atoms with Crippen molar-refractivity contribution in [3.05, 3.63) is 29.8 Å². The summed E-state index contributed by atoms with van der Waals surface area (Å²) in [4.78, 5) is 0. The summed E-state index contributed by atoms with van der Waals surface area (Å²) < 4.78 is 28.3. The number of halogens is 2. The molecule has 0 aliphatic heterocycles. The Morgan fingerprint density at radius 1 is 1.05 bits per heavy atom. The van der Waals surface area contributed by atoms with Gasteiger partial charge in [0.15, 0.2) is 0 Å². The van der Waals surface area contributed by atoms with Crippen LogP contribution in [-0.2, 0) is 0 Å². The molecule has 1 rings (SSSR count). The highest BCUT2D eigenvalue weighted by Crippen LogP contribution is 2.21. The zero-order valence-corrected chi connectivity index (χ0v) is 11.4. The lowest BCUT2D eigenvalue weighted by Gasteiger charge is -2.12. The molecule has 1 unspecified atom stereocenters. The van der Waals surface area contributed by atoms with Crippen molar-refractivity contribution in [3.63, 3.8) is 0 Å². The quantitative estimate of drug-likeness (QED) is 0.664. The first kappa shape index (κ1) is 15.9. The van der Waals surface area contributed by atoms with Crippen LogP contribution in [0.4, 0.5) is 8.78 Å². The average molecular weight is 271 g/mol. The maximum Gasteiger partial charge on any atom is 0.387 e. The average Bonchev–Trinajstić information content (AvgIpc) is 2.38. The Morgan fingerprint density at radius 3 is 2.26 bits per heavy atom. The minimum atomic E-state index is -2.78. The number of unbranched alkanes of at least 4 members (excludes halogenated alkanes) is 4. The number of hydrogen-bond acceptors (Lipinski definition) is 2. The molecule has 108 valence electrons. The van der Waals surface area contributed by atoms with Gasteiger partial charge in [0.25, 0.3) is 0 Å². The summed E-state index contributed by atoms with van der Waals surface area (Å²) in [5.41, 5.74) is 7.04. The van der Waals surface area contributed by atoms with Gasteiger partial charge in [0.05, 0.1) is 0 Å². The van der Waals surface area contributed by atoms with Crippen molar-refractivity contribution >= 4 is 0 Å². The Labute approximate surface area is 114 Å². The predicted molar refractivity (Wildman–Crippen MR) is 73.4 cm³/mol. The normalized spacial score (nSPS) is 12.7. The SMILES string of the molecule is CCCCCCCC(N)c1ccc(OC(F)F)cc1. The molecule has 1 aromatic rings. The number of alkyl halides is 2. The summed E-state index contributed by atoms with van der Waals surface area (Å²) in [6.45, 7) is -0.590. The van der Waals surface area contributed by atoms with Crippen LogP contribution in [0, 0.1) is 0 Å². The first-order valence-electron chi connectivity index (χ1n) is 6.93. The molecule has 0 heterocycles. The summed E-state index contributed by atoms with van der Waals surface area (Å²) in [6, 6.07) is 6.57. The van der Waals surface area contributed by atoms with Crippen LogP contribution in [0.5, 0.6) is 5.75 Å². The third kappa shape index (κ3) is 6.53. The monoisotopic (exact) mass is 271 g/mol. The molecule has 0 radical (unpaired) electrons. The molecule has 19 heavy (non-hydrogen) atoms. The molecular weight excluding hydrogens is 248 g/mol. The Bertz CT molecular complexity index is 341. The van der Waals surface area contributed by atoms with Gasteiger partial charge in [-0.2, -0.15) is 8.78 Å². The van der Waals surface area contributed by atoms with Crippen molar-refractivity contribution in [1.29, 1.82) is 0 Å². The Hall–Kier alpha value is -1.16. The molecule has 1 aromatic carbocycles. The van der Waals surface area contributed by atoms with Crippen LogP contribution >= 0.6 is 0 Å². The van der Waals surface area contributed by atoms with Gasteiger partial charge in [0, 0.05) is 6.04 Å². The highest BCUT2D eigenvalue weighted by atomic mass is 19.3. The van der Waals surface area contributed by atoms with Gasteiger partial charge in [-0.25, -0.2) is 0 Å². The van der Waals surface area contributed by atoms with E-state index in [-0.39, 0.29) is 11.8 Å². The van der Waals surface area contributed by atoms with Crippen LogP contribution in [0.25, 0.3) is 0 Å². The number of hydrogen-bond donors (Lipinski definition) is 1. The molecule has 0 aliphatic rings. The van der Waals surface area contributed by atoms with Crippen LogP contribution in [0.15, 0.2) is 24.3 Å². The van der Waals surface area contributed by atoms with E-state index in [0.717, 1.165) is 18.4 Å². The van der Waals surface area contributed by atoms with Crippen molar-refractivity contribution in [2.45, 2.75) is 58.1 Å². The van der Waals surface area contributed by atoms with Gasteiger partial charge >= 0.3 is 6.61 Å². The molecule has 2 nitrogen and oxygen atoms in total. The molecule has 0 aliphatic carbocycles. The van der Waals surface area contributed by atoms with E-state index in [1.54, 1.807) is 24.3 Å². The molecule has 0 aromatic heterocycles. The van der Waals surface area contributed by atoms with E-state index in [2.05, 4.69) is 11.7 Å². The lowest BCUT2D eigenvalue weighted by atomic mass is 10.0. The Balaban J connectivity index is 2.33. The summed E-state index contributed by atoms with van der Waals surface area (Å²) in [5.74, 6) is 0.175. The molecule has 0 saturated heterocycles. The summed E-state index contributed by atoms with van der Waals surface area (Å²) in [6.07, 6.45) is 7.00. The lowest BCUT2D eigenvalue weighted by Crippen LogP contribution is -2.10. The second-order valence-corrected chi connectivity index (χ2v) is 4.76. The van der Waals surface area contributed by atoms with E-state index < -0.39 is 6.61 Å². The predicted octanol–water partition coefficient (Wildman–Crippen LogP) is 4.65. The highest BCUT2D eigenvalue weighted by Gasteiger charge is 2.08. The van der Waals surface area contributed by atoms with Crippen molar-refractivity contribution < 1.29 is 13.5 Å². The summed E-state index contributed by atoms with van der Waals surface area (Å²) >= 11 is 0. The molecule has 0 bridgehead atoms. The van der Waals surface area contributed by atoms with Crippen LogP contribution in [-0.4, -0.2) is 6.61 Å². The highest BCUT2D eigenvalue weighted by molar-refractivity contribution is 5.29. The summed E-state index contributed by atoms with van der Waals surface area (Å²) in [7, 11) is 0. The smallest absolute Gasteiger partial charge is 0.387 e. The maximum atomic E-state index is 12.0. The molecule has 1 atom stereocenters. The van der Waals surface area contributed by atoms with Gasteiger partial charge in [-0.1, -0.05) is 51.2 Å². The number of benzene rings is 1. The van der Waals surface area contributed by atoms with E-state index >= 15 is 0 Å². The van der Waals surface area contributed by atoms with E-state index in [4.69, 9.17) is 5.73 Å². The minimum absolute atomic E-state index is 0.0257. The van der Waals surface area contributed by atoms with Gasteiger partial charge < -0.3 is 10.5 Å². The maximum absolute atomic E-state index is 12.0. The second-order valence-electron chi connectivity index (χ2n) is 4.76. The first-order valence-corrected chi connectivity index (χ1v) is 6.93. The van der Waals surface area contributed by atoms with Gasteiger partial charge in [-0.3, -0.25) is 0 Å². The van der Waals surface area contributed by atoms with Crippen molar-refractivity contribution in [2.75, 3.05) is 0 Å². The molecule has 0 fully saturated rings. The first-order chi connectivity index (χ1) is 9.13. The van der Waals surface area contributed by atoms with Crippen LogP contribution < -0.4 is 10.5 Å². The van der Waals surface area contributed by atoms with E-state index in [1.165, 1.54) is 25.7 Å². The van der Waals surface area contributed by atoms with Crippen molar-refractivity contribution in [1.82, 2.24) is 0 Å². The van der Waals surface area contributed by atoms with E-state index in [9.17, 15) is 8.78 Å². The van der Waals surface area contributed by atoms with Crippen LogP contribution in [0.1, 0.15) is 57.1 Å².